The molecular weight excluding hydrogens is 432 g/mol. The molecule has 5 atom stereocenters. The quantitative estimate of drug-likeness (QED) is 0.162. The van der Waals surface area contributed by atoms with E-state index in [9.17, 15) is 13.8 Å². The summed E-state index contributed by atoms with van der Waals surface area (Å²) >= 11 is 0. The van der Waals surface area contributed by atoms with E-state index in [1.807, 2.05) is 30.3 Å². The predicted octanol–water partition coefficient (Wildman–Crippen LogP) is 6.65. The lowest BCUT2D eigenvalue weighted by Crippen LogP contribution is -2.29. The number of unbranched alkanes of at least 4 members (excludes halogenated alkanes) is 4. The topological polar surface area (TPSA) is 60.4 Å². The van der Waals surface area contributed by atoms with E-state index in [2.05, 4.69) is 26.0 Å². The van der Waals surface area contributed by atoms with Crippen molar-refractivity contribution in [1.82, 2.24) is 0 Å². The molecule has 4 nitrogen and oxygen atoms in total. The number of allylic oxidation sites excluding steroid dienone is 1. The fourth-order valence-corrected chi connectivity index (χ4v) is 6.41. The highest BCUT2D eigenvalue weighted by Gasteiger charge is 2.40. The van der Waals surface area contributed by atoms with Gasteiger partial charge >= 0.3 is 5.97 Å². The first-order valence-corrected chi connectivity index (χ1v) is 13.9. The lowest BCUT2D eigenvalue weighted by molar-refractivity contribution is -0.140. The van der Waals surface area contributed by atoms with Gasteiger partial charge in [0, 0.05) is 23.7 Å². The van der Waals surface area contributed by atoms with Gasteiger partial charge in [0.05, 0.1) is 23.2 Å². The first kappa shape index (κ1) is 27.5. The molecule has 1 fully saturated rings. The van der Waals surface area contributed by atoms with Gasteiger partial charge in [0.2, 0.25) is 0 Å². The van der Waals surface area contributed by atoms with Crippen LogP contribution in [0.4, 0.5) is 0 Å². The van der Waals surface area contributed by atoms with Crippen LogP contribution in [0, 0.1) is 17.8 Å². The number of ether oxygens (including phenoxy) is 1. The molecule has 0 radical (unpaired) electrons. The zero-order valence-electron chi connectivity index (χ0n) is 20.7. The summed E-state index contributed by atoms with van der Waals surface area (Å²) in [5, 5.41) is -0.132. The van der Waals surface area contributed by atoms with Gasteiger partial charge in [-0.25, -0.2) is 0 Å². The van der Waals surface area contributed by atoms with Crippen LogP contribution in [0.15, 0.2) is 47.4 Å². The molecule has 0 bridgehead atoms. The van der Waals surface area contributed by atoms with Crippen LogP contribution in [0.2, 0.25) is 0 Å². The minimum atomic E-state index is -1.18. The normalized spacial score (nSPS) is 21.2. The van der Waals surface area contributed by atoms with Gasteiger partial charge in [-0.3, -0.25) is 13.8 Å². The summed E-state index contributed by atoms with van der Waals surface area (Å²) in [4.78, 5) is 24.9. The van der Waals surface area contributed by atoms with E-state index in [4.69, 9.17) is 4.74 Å². The molecule has 184 valence electrons. The third kappa shape index (κ3) is 9.19. The molecule has 1 aromatic carbocycles. The van der Waals surface area contributed by atoms with Crippen molar-refractivity contribution in [3.63, 3.8) is 0 Å². The predicted molar refractivity (Wildman–Crippen MR) is 135 cm³/mol. The van der Waals surface area contributed by atoms with Gasteiger partial charge in [-0.05, 0) is 49.7 Å². The van der Waals surface area contributed by atoms with Crippen LogP contribution < -0.4 is 0 Å². The third-order valence-corrected chi connectivity index (χ3v) is 8.55. The monoisotopic (exact) mass is 474 g/mol. The molecule has 0 heterocycles. The van der Waals surface area contributed by atoms with Gasteiger partial charge in [-0.2, -0.15) is 0 Å². The van der Waals surface area contributed by atoms with Gasteiger partial charge in [-0.15, -0.1) is 0 Å². The van der Waals surface area contributed by atoms with E-state index in [0.717, 1.165) is 49.8 Å². The molecule has 1 aromatic rings. The molecule has 1 saturated carbocycles. The SMILES string of the molecule is CCCCC(C)/C=C/C(C1CCC(=O)C1CCCCCCC(=O)OC)S(=O)c1ccccc1. The Morgan fingerprint density at radius 2 is 1.85 bits per heavy atom. The maximum atomic E-state index is 13.6. The van der Waals surface area contributed by atoms with E-state index < -0.39 is 10.8 Å². The van der Waals surface area contributed by atoms with Crippen molar-refractivity contribution in [2.75, 3.05) is 7.11 Å². The second-order valence-electron chi connectivity index (χ2n) is 9.38. The van der Waals surface area contributed by atoms with Gasteiger partial charge in [0.15, 0.2) is 0 Å². The number of methoxy groups -OCH3 is 1. The largest absolute Gasteiger partial charge is 0.469 e. The first-order chi connectivity index (χ1) is 16.0. The molecule has 0 spiro atoms. The average Bonchev–Trinajstić information content (AvgIpc) is 3.20. The molecule has 5 heteroatoms. The van der Waals surface area contributed by atoms with Crippen molar-refractivity contribution in [1.29, 1.82) is 0 Å². The van der Waals surface area contributed by atoms with Crippen molar-refractivity contribution in [3.8, 4) is 0 Å². The number of hydrogen-bond donors (Lipinski definition) is 0. The highest BCUT2D eigenvalue weighted by atomic mass is 32.2. The van der Waals surface area contributed by atoms with Crippen molar-refractivity contribution in [2.24, 2.45) is 17.8 Å². The van der Waals surface area contributed by atoms with Crippen LogP contribution in [0.5, 0.6) is 0 Å². The molecule has 1 aliphatic rings. The summed E-state index contributed by atoms with van der Waals surface area (Å²) in [6.45, 7) is 4.42. The second-order valence-corrected chi connectivity index (χ2v) is 11.0. The fourth-order valence-electron chi connectivity index (χ4n) is 4.80. The molecule has 0 saturated heterocycles. The molecular formula is C28H42O4S. The molecule has 0 N–H and O–H groups in total. The molecule has 1 aliphatic carbocycles. The van der Waals surface area contributed by atoms with E-state index in [1.54, 1.807) is 0 Å². The highest BCUT2D eigenvalue weighted by Crippen LogP contribution is 2.39. The van der Waals surface area contributed by atoms with Crippen LogP contribution in [-0.2, 0) is 25.1 Å². The van der Waals surface area contributed by atoms with Crippen molar-refractivity contribution >= 4 is 22.6 Å². The maximum absolute atomic E-state index is 13.6. The summed E-state index contributed by atoms with van der Waals surface area (Å²) in [6, 6.07) is 9.68. The smallest absolute Gasteiger partial charge is 0.305 e. The van der Waals surface area contributed by atoms with Crippen molar-refractivity contribution in [3.05, 3.63) is 42.5 Å². The second kappa shape index (κ2) is 15.2. The first-order valence-electron chi connectivity index (χ1n) is 12.7. The minimum Gasteiger partial charge on any atom is -0.469 e. The molecule has 2 rings (SSSR count). The fraction of sp³-hybridized carbons (Fsp3) is 0.643. The van der Waals surface area contributed by atoms with Crippen LogP contribution in [0.3, 0.4) is 0 Å². The number of Topliss-reactive ketones (excluding diaryl/α,β-unsaturated/α-hetero) is 1. The Hall–Kier alpha value is -1.75. The Morgan fingerprint density at radius 1 is 1.12 bits per heavy atom. The number of rotatable bonds is 15. The standard InChI is InChI=1S/C28H42O4S/c1-4-5-13-22(2)18-21-27(33(31)23-14-9-8-10-15-23)25-19-20-26(29)24(25)16-11-6-7-12-17-28(30)32-3/h8-10,14-15,18,21-22,24-25,27H,4-7,11-13,16-17,19-20H2,1-3H3/b21-18+. The lowest BCUT2D eigenvalue weighted by Gasteiger charge is -2.26. The van der Waals surface area contributed by atoms with Gasteiger partial charge in [-0.1, -0.05) is 76.3 Å². The highest BCUT2D eigenvalue weighted by molar-refractivity contribution is 7.85. The Kier molecular flexibility index (Phi) is 12.7. The van der Waals surface area contributed by atoms with E-state index in [0.29, 0.717) is 24.5 Å². The summed E-state index contributed by atoms with van der Waals surface area (Å²) in [7, 11) is 0.244. The number of ketones is 1. The Bertz CT molecular complexity index is 773. The van der Waals surface area contributed by atoms with Gasteiger partial charge in [0.25, 0.3) is 0 Å². The maximum Gasteiger partial charge on any atom is 0.305 e. The minimum absolute atomic E-state index is 0.0149. The van der Waals surface area contributed by atoms with Crippen LogP contribution in [0.25, 0.3) is 0 Å². The molecule has 0 aromatic heterocycles. The lowest BCUT2D eigenvalue weighted by atomic mass is 9.87. The van der Waals surface area contributed by atoms with E-state index >= 15 is 0 Å². The number of benzene rings is 1. The zero-order chi connectivity index (χ0) is 24.1. The summed E-state index contributed by atoms with van der Waals surface area (Å²) in [6.07, 6.45) is 14.4. The Morgan fingerprint density at radius 3 is 2.55 bits per heavy atom. The molecule has 33 heavy (non-hydrogen) atoms. The van der Waals surface area contributed by atoms with E-state index in [1.165, 1.54) is 20.0 Å². The van der Waals surface area contributed by atoms with Crippen molar-refractivity contribution in [2.45, 2.75) is 94.6 Å². The number of esters is 1. The third-order valence-electron chi connectivity index (χ3n) is 6.82. The van der Waals surface area contributed by atoms with Crippen molar-refractivity contribution < 1.29 is 18.5 Å². The number of hydrogen-bond acceptors (Lipinski definition) is 4. The number of carbonyl (C=O) groups excluding carboxylic acids is 2. The average molecular weight is 475 g/mol. The Labute approximate surface area is 203 Å². The molecule has 0 aliphatic heterocycles. The van der Waals surface area contributed by atoms with Gasteiger partial charge in [0.1, 0.15) is 5.78 Å². The Balaban J connectivity index is 2.06. The molecule has 5 unspecified atom stereocenters. The summed E-state index contributed by atoms with van der Waals surface area (Å²) in [5.41, 5.74) is 0. The van der Waals surface area contributed by atoms with Gasteiger partial charge < -0.3 is 4.74 Å². The summed E-state index contributed by atoms with van der Waals surface area (Å²) in [5.74, 6) is 0.733. The van der Waals surface area contributed by atoms with E-state index in [-0.39, 0.29) is 23.1 Å². The summed E-state index contributed by atoms with van der Waals surface area (Å²) < 4.78 is 18.3. The van der Waals surface area contributed by atoms with Crippen LogP contribution >= 0.6 is 0 Å². The van der Waals surface area contributed by atoms with Crippen LogP contribution in [0.1, 0.15) is 84.5 Å². The number of carbonyl (C=O) groups is 2. The molecule has 0 amide bonds. The van der Waals surface area contributed by atoms with Crippen LogP contribution in [-0.4, -0.2) is 28.3 Å². The zero-order valence-corrected chi connectivity index (χ0v) is 21.5.